The molecule has 0 aliphatic carbocycles. The van der Waals surface area contributed by atoms with Gasteiger partial charge >= 0.3 is 12.1 Å². The Hall–Kier alpha value is -3.79. The van der Waals surface area contributed by atoms with Gasteiger partial charge in [0.05, 0.1) is 18.2 Å². The number of amides is 3. The van der Waals surface area contributed by atoms with Crippen LogP contribution in [0.15, 0.2) is 65.9 Å². The third-order valence-electron chi connectivity index (χ3n) is 4.46. The van der Waals surface area contributed by atoms with E-state index in [1.54, 1.807) is 38.1 Å². The van der Waals surface area contributed by atoms with E-state index in [2.05, 4.69) is 11.4 Å². The van der Waals surface area contributed by atoms with Gasteiger partial charge in [-0.2, -0.15) is 5.26 Å². The molecule has 29 heavy (non-hydrogen) atoms. The first-order chi connectivity index (χ1) is 14.0. The molecule has 0 bridgehead atoms. The van der Waals surface area contributed by atoms with Crippen LogP contribution in [-0.4, -0.2) is 23.6 Å². The monoisotopic (exact) mass is 391 g/mol. The van der Waals surface area contributed by atoms with Crippen LogP contribution in [0.4, 0.5) is 9.59 Å². The van der Waals surface area contributed by atoms with E-state index in [1.807, 2.05) is 30.3 Å². The molecular weight excluding hydrogens is 370 g/mol. The van der Waals surface area contributed by atoms with Gasteiger partial charge < -0.3 is 14.8 Å². The number of urea groups is 1. The first-order valence-corrected chi connectivity index (χ1v) is 9.19. The Morgan fingerprint density at radius 3 is 2.66 bits per heavy atom. The fourth-order valence-corrected chi connectivity index (χ4v) is 3.10. The Morgan fingerprint density at radius 2 is 1.97 bits per heavy atom. The quantitative estimate of drug-likeness (QED) is 0.821. The average molecular weight is 391 g/mol. The zero-order chi connectivity index (χ0) is 20.8. The van der Waals surface area contributed by atoms with E-state index in [-0.39, 0.29) is 12.2 Å². The van der Waals surface area contributed by atoms with Crippen LogP contribution in [0.1, 0.15) is 31.0 Å². The van der Waals surface area contributed by atoms with Gasteiger partial charge in [-0.05, 0) is 37.1 Å². The Balaban J connectivity index is 1.94. The second kappa shape index (κ2) is 8.93. The lowest BCUT2D eigenvalue weighted by Crippen LogP contribution is -2.50. The number of carbonyl (C=O) groups excluding carboxylic acids is 2. The highest BCUT2D eigenvalue weighted by Gasteiger charge is 2.39. The van der Waals surface area contributed by atoms with Crippen molar-refractivity contribution in [2.75, 3.05) is 6.61 Å². The molecule has 1 aliphatic rings. The molecule has 0 aromatic heterocycles. The van der Waals surface area contributed by atoms with Crippen molar-refractivity contribution < 1.29 is 19.1 Å². The zero-order valence-corrected chi connectivity index (χ0v) is 16.2. The summed E-state index contributed by atoms with van der Waals surface area (Å²) in [5.41, 5.74) is 2.25. The van der Waals surface area contributed by atoms with Gasteiger partial charge in [-0.25, -0.2) is 14.5 Å². The fourth-order valence-electron chi connectivity index (χ4n) is 3.10. The first kappa shape index (κ1) is 20.0. The third kappa shape index (κ3) is 4.38. The average Bonchev–Trinajstić information content (AvgIpc) is 2.73. The molecule has 1 atom stereocenters. The van der Waals surface area contributed by atoms with E-state index >= 15 is 0 Å². The van der Waals surface area contributed by atoms with Crippen molar-refractivity contribution in [1.29, 1.82) is 5.26 Å². The number of nitrogens with zero attached hydrogens (tertiary/aromatic N) is 2. The summed E-state index contributed by atoms with van der Waals surface area (Å²) in [5.74, 6) is 0.566. The lowest BCUT2D eigenvalue weighted by Gasteiger charge is -2.34. The molecule has 2 aromatic rings. The van der Waals surface area contributed by atoms with Gasteiger partial charge in [0.1, 0.15) is 18.4 Å². The molecule has 148 valence electrons. The Kier molecular flexibility index (Phi) is 6.15. The van der Waals surface area contributed by atoms with Crippen molar-refractivity contribution in [2.24, 2.45) is 0 Å². The number of rotatable bonds is 5. The molecule has 3 amide bonds. The molecule has 1 aliphatic heterocycles. The number of hydrogen-bond donors (Lipinski definition) is 1. The van der Waals surface area contributed by atoms with Crippen molar-refractivity contribution in [3.63, 3.8) is 0 Å². The van der Waals surface area contributed by atoms with Crippen molar-refractivity contribution in [1.82, 2.24) is 10.2 Å². The maximum atomic E-state index is 12.5. The van der Waals surface area contributed by atoms with E-state index in [1.165, 1.54) is 0 Å². The lowest BCUT2D eigenvalue weighted by atomic mass is 9.95. The second-order valence-corrected chi connectivity index (χ2v) is 6.40. The summed E-state index contributed by atoms with van der Waals surface area (Å²) in [7, 11) is 0. The number of carbonyl (C=O) groups is 2. The first-order valence-electron chi connectivity index (χ1n) is 9.19. The van der Waals surface area contributed by atoms with Crippen molar-refractivity contribution >= 4 is 12.1 Å². The van der Waals surface area contributed by atoms with Crippen molar-refractivity contribution in [3.8, 4) is 11.8 Å². The lowest BCUT2D eigenvalue weighted by molar-refractivity contribution is 0.104. The predicted molar refractivity (Wildman–Crippen MR) is 106 cm³/mol. The molecule has 0 saturated heterocycles. The maximum absolute atomic E-state index is 12.5. The number of nitrogens with one attached hydrogen (secondary N) is 1. The van der Waals surface area contributed by atoms with Crippen LogP contribution in [0.25, 0.3) is 0 Å². The van der Waals surface area contributed by atoms with Crippen LogP contribution in [0.3, 0.4) is 0 Å². The summed E-state index contributed by atoms with van der Waals surface area (Å²) >= 11 is 0. The van der Waals surface area contributed by atoms with Crippen LogP contribution in [-0.2, 0) is 11.3 Å². The summed E-state index contributed by atoms with van der Waals surface area (Å²) in [6, 6.07) is 17.3. The van der Waals surface area contributed by atoms with E-state index < -0.39 is 18.2 Å². The minimum Gasteiger partial charge on any atom is -0.489 e. The Bertz CT molecular complexity index is 979. The van der Waals surface area contributed by atoms with Gasteiger partial charge in [-0.15, -0.1) is 0 Å². The largest absolute Gasteiger partial charge is 0.489 e. The topological polar surface area (TPSA) is 91.7 Å². The Labute approximate surface area is 169 Å². The maximum Gasteiger partial charge on any atom is 0.418 e. The zero-order valence-electron chi connectivity index (χ0n) is 16.2. The summed E-state index contributed by atoms with van der Waals surface area (Å²) in [6.07, 6.45) is -0.814. The van der Waals surface area contributed by atoms with Crippen LogP contribution in [0, 0.1) is 11.3 Å². The number of ether oxygens (including phenoxy) is 2. The van der Waals surface area contributed by atoms with Gasteiger partial charge in [0.15, 0.2) is 0 Å². The highest BCUT2D eigenvalue weighted by Crippen LogP contribution is 2.35. The normalized spacial score (nSPS) is 16.1. The minimum absolute atomic E-state index is 0.111. The highest BCUT2D eigenvalue weighted by molar-refractivity contribution is 5.94. The molecule has 7 heteroatoms. The molecule has 3 rings (SSSR count). The molecule has 1 N–H and O–H groups in total. The predicted octanol–water partition coefficient (Wildman–Crippen LogP) is 4.29. The van der Waals surface area contributed by atoms with Gasteiger partial charge in [-0.3, -0.25) is 0 Å². The van der Waals surface area contributed by atoms with Crippen LogP contribution in [0.2, 0.25) is 0 Å². The smallest absolute Gasteiger partial charge is 0.418 e. The molecule has 1 unspecified atom stereocenters. The van der Waals surface area contributed by atoms with Gasteiger partial charge in [0, 0.05) is 5.70 Å². The fraction of sp³-hybridized carbons (Fsp3) is 0.227. The van der Waals surface area contributed by atoms with Gasteiger partial charge in [-0.1, -0.05) is 42.5 Å². The number of imide groups is 1. The minimum atomic E-state index is -0.895. The second-order valence-electron chi connectivity index (χ2n) is 6.40. The molecule has 0 spiro atoms. The molecule has 7 nitrogen and oxygen atoms in total. The van der Waals surface area contributed by atoms with Crippen molar-refractivity contribution in [2.45, 2.75) is 26.5 Å². The van der Waals surface area contributed by atoms with E-state index in [0.29, 0.717) is 23.6 Å². The number of hydrogen-bond acceptors (Lipinski definition) is 5. The molecule has 0 fully saturated rings. The summed E-state index contributed by atoms with van der Waals surface area (Å²) < 4.78 is 10.9. The van der Waals surface area contributed by atoms with E-state index in [4.69, 9.17) is 9.47 Å². The van der Waals surface area contributed by atoms with E-state index in [0.717, 1.165) is 10.5 Å². The van der Waals surface area contributed by atoms with Crippen LogP contribution < -0.4 is 10.1 Å². The highest BCUT2D eigenvalue weighted by atomic mass is 16.6. The molecule has 1 heterocycles. The third-order valence-corrected chi connectivity index (χ3v) is 4.46. The SMILES string of the molecule is CCOC(=O)N1C(=O)NC(C)=C(C#N)C1c1cccc(OCc2ccccc2)c1. The van der Waals surface area contributed by atoms with E-state index in [9.17, 15) is 14.9 Å². The summed E-state index contributed by atoms with van der Waals surface area (Å²) in [6.45, 7) is 3.76. The van der Waals surface area contributed by atoms with Crippen LogP contribution in [0.5, 0.6) is 5.75 Å². The number of benzene rings is 2. The molecule has 2 aromatic carbocycles. The summed E-state index contributed by atoms with van der Waals surface area (Å²) in [5, 5.41) is 12.2. The standard InChI is InChI=1S/C22H21N3O4/c1-3-28-22(27)25-20(19(13-23)15(2)24-21(25)26)17-10-7-11-18(12-17)29-14-16-8-5-4-6-9-16/h4-12,20H,3,14H2,1-2H3,(H,24,26). The number of nitriles is 1. The van der Waals surface area contributed by atoms with Crippen molar-refractivity contribution in [3.05, 3.63) is 77.0 Å². The number of allylic oxidation sites excluding steroid dienone is 1. The summed E-state index contributed by atoms with van der Waals surface area (Å²) in [4.78, 5) is 25.9. The van der Waals surface area contributed by atoms with Gasteiger partial charge in [0.2, 0.25) is 0 Å². The Morgan fingerprint density at radius 1 is 1.21 bits per heavy atom. The van der Waals surface area contributed by atoms with Gasteiger partial charge in [0.25, 0.3) is 0 Å². The molecule has 0 saturated carbocycles. The molecular formula is C22H21N3O4. The van der Waals surface area contributed by atoms with Crippen LogP contribution >= 0.6 is 0 Å². The molecule has 0 radical (unpaired) electrons.